The highest BCUT2D eigenvalue weighted by Crippen LogP contribution is 2.56. The van der Waals surface area contributed by atoms with E-state index in [0.29, 0.717) is 0 Å². The molecular formula is C5HCl3F6O2. The third kappa shape index (κ3) is 2.14. The first-order valence-electron chi connectivity index (χ1n) is 3.13. The van der Waals surface area contributed by atoms with Gasteiger partial charge in [0, 0.05) is 0 Å². The quantitative estimate of drug-likeness (QED) is 0.638. The van der Waals surface area contributed by atoms with Crippen LogP contribution in [0, 0.1) is 0 Å². The molecule has 0 aliphatic carbocycles. The summed E-state index contributed by atoms with van der Waals surface area (Å²) in [6, 6.07) is 0. The lowest BCUT2D eigenvalue weighted by Crippen LogP contribution is -2.62. The highest BCUT2D eigenvalue weighted by molar-refractivity contribution is 6.48. The molecule has 0 saturated heterocycles. The first-order chi connectivity index (χ1) is 6.69. The molecule has 0 aliphatic heterocycles. The van der Waals surface area contributed by atoms with Crippen LogP contribution in [0.25, 0.3) is 0 Å². The first kappa shape index (κ1) is 15.9. The number of rotatable bonds is 4. The monoisotopic (exact) mass is 312 g/mol. The minimum Gasteiger partial charge on any atom is -0.477 e. The van der Waals surface area contributed by atoms with Crippen molar-refractivity contribution in [1.29, 1.82) is 0 Å². The number of hydrogen-bond acceptors (Lipinski definition) is 1. The predicted octanol–water partition coefficient (Wildman–Crippen LogP) is 3.35. The molecule has 0 rings (SSSR count). The van der Waals surface area contributed by atoms with Gasteiger partial charge in [-0.25, -0.2) is 13.6 Å². The minimum absolute atomic E-state index is 3.33. The Bertz CT molecular complexity index is 299. The summed E-state index contributed by atoms with van der Waals surface area (Å²) in [6.07, 6.45) is 0. The van der Waals surface area contributed by atoms with Crippen molar-refractivity contribution in [2.45, 2.75) is 21.6 Å². The number of hydrogen-bond donors (Lipinski definition) is 1. The van der Waals surface area contributed by atoms with Crippen LogP contribution in [0.4, 0.5) is 26.3 Å². The van der Waals surface area contributed by atoms with Gasteiger partial charge in [0.2, 0.25) is 0 Å². The van der Waals surface area contributed by atoms with Gasteiger partial charge in [-0.2, -0.15) is 17.6 Å². The van der Waals surface area contributed by atoms with E-state index in [1.54, 1.807) is 0 Å². The van der Waals surface area contributed by atoms with Crippen molar-refractivity contribution in [2.75, 3.05) is 0 Å². The van der Waals surface area contributed by atoms with E-state index in [0.717, 1.165) is 0 Å². The topological polar surface area (TPSA) is 37.3 Å². The molecule has 0 aliphatic rings. The molecule has 0 saturated carbocycles. The summed E-state index contributed by atoms with van der Waals surface area (Å²) in [6.45, 7) is 0. The number of carboxylic acids is 1. The van der Waals surface area contributed by atoms with E-state index < -0.39 is 27.5 Å². The Hall–Kier alpha value is -0.0800. The fourth-order valence-corrected chi connectivity index (χ4v) is 1.08. The predicted molar refractivity (Wildman–Crippen MR) is 42.8 cm³/mol. The van der Waals surface area contributed by atoms with E-state index in [1.165, 1.54) is 0 Å². The van der Waals surface area contributed by atoms with Gasteiger partial charge >= 0.3 is 27.5 Å². The Balaban J connectivity index is 5.62. The Morgan fingerprint density at radius 2 is 1.25 bits per heavy atom. The van der Waals surface area contributed by atoms with E-state index in [4.69, 9.17) is 5.11 Å². The zero-order valence-electron chi connectivity index (χ0n) is 6.76. The third-order valence-electron chi connectivity index (χ3n) is 1.41. The van der Waals surface area contributed by atoms with Crippen LogP contribution in [0.5, 0.6) is 0 Å². The van der Waals surface area contributed by atoms with E-state index in [-0.39, 0.29) is 0 Å². The SMILES string of the molecule is O=C(O)C(F)(F)C(F)(Cl)C(F)(F)C(F)(Cl)Cl. The van der Waals surface area contributed by atoms with Crippen molar-refractivity contribution in [1.82, 2.24) is 0 Å². The summed E-state index contributed by atoms with van der Waals surface area (Å²) < 4.78 is 70.7. The molecule has 1 unspecified atom stereocenters. The smallest absolute Gasteiger partial charge is 0.395 e. The average molecular weight is 313 g/mol. The van der Waals surface area contributed by atoms with Gasteiger partial charge in [-0.05, 0) is 0 Å². The standard InChI is InChI=1S/C5HCl3F6O2/c6-3(11,2(9,10)1(15)16)4(12,13)5(7,8)14/h(H,15,16). The van der Waals surface area contributed by atoms with Crippen LogP contribution in [0.3, 0.4) is 0 Å². The maximum atomic E-state index is 12.9. The van der Waals surface area contributed by atoms with Gasteiger partial charge in [0.1, 0.15) is 0 Å². The molecule has 1 N–H and O–H groups in total. The molecule has 16 heavy (non-hydrogen) atoms. The lowest BCUT2D eigenvalue weighted by molar-refractivity contribution is -0.232. The molecule has 2 nitrogen and oxygen atoms in total. The molecule has 0 bridgehead atoms. The maximum absolute atomic E-state index is 12.9. The third-order valence-corrected chi connectivity index (χ3v) is 2.36. The molecule has 11 heteroatoms. The molecule has 0 aromatic heterocycles. The van der Waals surface area contributed by atoms with Crippen molar-refractivity contribution >= 4 is 40.8 Å². The van der Waals surface area contributed by atoms with E-state index in [1.807, 2.05) is 0 Å². The zero-order chi connectivity index (χ0) is 13.6. The molecule has 0 spiro atoms. The fourth-order valence-electron chi connectivity index (χ4n) is 0.509. The molecule has 0 aromatic rings. The van der Waals surface area contributed by atoms with Crippen LogP contribution >= 0.6 is 34.8 Å². The van der Waals surface area contributed by atoms with Crippen molar-refractivity contribution in [3.05, 3.63) is 0 Å². The summed E-state index contributed by atoms with van der Waals surface area (Å²) in [4.78, 5) is 9.82. The summed E-state index contributed by atoms with van der Waals surface area (Å²) in [7, 11) is 0. The summed E-state index contributed by atoms with van der Waals surface area (Å²) in [5, 5.41) is 2.15. The highest BCUT2D eigenvalue weighted by atomic mass is 35.5. The van der Waals surface area contributed by atoms with Crippen LogP contribution in [-0.4, -0.2) is 32.6 Å². The molecular weight excluding hydrogens is 312 g/mol. The Morgan fingerprint density at radius 3 is 1.44 bits per heavy atom. The number of halogens is 9. The van der Waals surface area contributed by atoms with Gasteiger partial charge in [-0.15, -0.1) is 0 Å². The molecule has 1 atom stereocenters. The lowest BCUT2D eigenvalue weighted by Gasteiger charge is -2.34. The Morgan fingerprint density at radius 1 is 0.938 bits per heavy atom. The Kier molecular flexibility index (Phi) is 3.97. The summed E-state index contributed by atoms with van der Waals surface area (Å²) in [5.74, 6) is -15.0. The van der Waals surface area contributed by atoms with Crippen LogP contribution in [0.15, 0.2) is 0 Å². The van der Waals surface area contributed by atoms with E-state index in [9.17, 15) is 31.1 Å². The van der Waals surface area contributed by atoms with Crippen LogP contribution in [0.2, 0.25) is 0 Å². The summed E-state index contributed by atoms with van der Waals surface area (Å²) >= 11 is 12.3. The summed E-state index contributed by atoms with van der Waals surface area (Å²) in [5.41, 5.74) is 0. The normalized spacial score (nSPS) is 18.1. The van der Waals surface area contributed by atoms with Gasteiger partial charge in [-0.1, -0.05) is 34.8 Å². The fraction of sp³-hybridized carbons (Fsp3) is 0.800. The van der Waals surface area contributed by atoms with E-state index in [2.05, 4.69) is 34.8 Å². The number of aliphatic carboxylic acids is 1. The average Bonchev–Trinajstić information content (AvgIpc) is 2.00. The second-order valence-corrected chi connectivity index (χ2v) is 4.28. The highest BCUT2D eigenvalue weighted by Gasteiger charge is 2.80. The second kappa shape index (κ2) is 3.99. The Labute approximate surface area is 99.1 Å². The lowest BCUT2D eigenvalue weighted by atomic mass is 10.1. The number of carbonyl (C=O) groups is 1. The molecule has 0 radical (unpaired) electrons. The molecule has 0 aromatic carbocycles. The van der Waals surface area contributed by atoms with Crippen molar-refractivity contribution in [3.8, 4) is 0 Å². The van der Waals surface area contributed by atoms with Gasteiger partial charge < -0.3 is 5.11 Å². The minimum atomic E-state index is -5.87. The molecule has 96 valence electrons. The number of carboxylic acid groups (broad SMARTS) is 1. The van der Waals surface area contributed by atoms with E-state index >= 15 is 0 Å². The zero-order valence-corrected chi connectivity index (χ0v) is 9.02. The van der Waals surface area contributed by atoms with Crippen molar-refractivity contribution in [2.24, 2.45) is 0 Å². The molecule has 0 fully saturated rings. The van der Waals surface area contributed by atoms with Gasteiger partial charge in [0.05, 0.1) is 0 Å². The van der Waals surface area contributed by atoms with Gasteiger partial charge in [-0.3, -0.25) is 0 Å². The van der Waals surface area contributed by atoms with Crippen LogP contribution in [0.1, 0.15) is 0 Å². The molecule has 0 amide bonds. The first-order valence-corrected chi connectivity index (χ1v) is 4.26. The van der Waals surface area contributed by atoms with Crippen LogP contribution in [-0.2, 0) is 4.79 Å². The second-order valence-electron chi connectivity index (χ2n) is 2.53. The number of alkyl halides is 9. The largest absolute Gasteiger partial charge is 0.477 e. The van der Waals surface area contributed by atoms with Gasteiger partial charge in [0.25, 0.3) is 0 Å². The van der Waals surface area contributed by atoms with Crippen molar-refractivity contribution < 1.29 is 36.2 Å². The van der Waals surface area contributed by atoms with Gasteiger partial charge in [0.15, 0.2) is 0 Å². The molecule has 0 heterocycles. The van der Waals surface area contributed by atoms with Crippen molar-refractivity contribution in [3.63, 3.8) is 0 Å². The van der Waals surface area contributed by atoms with Crippen LogP contribution < -0.4 is 0 Å². The maximum Gasteiger partial charge on any atom is 0.395 e.